The molecule has 0 bridgehead atoms. The Kier molecular flexibility index (Phi) is 10.8. The molecule has 0 aliphatic heterocycles. The zero-order valence-electron chi connectivity index (χ0n) is 16.8. The van der Waals surface area contributed by atoms with Crippen LogP contribution in [0.2, 0.25) is 0 Å². The summed E-state index contributed by atoms with van der Waals surface area (Å²) < 4.78 is 0. The van der Waals surface area contributed by atoms with Crippen LogP contribution in [0.5, 0.6) is 0 Å². The van der Waals surface area contributed by atoms with Gasteiger partial charge in [0.2, 0.25) is 17.7 Å². The Morgan fingerprint density at radius 2 is 1.82 bits per heavy atom. The van der Waals surface area contributed by atoms with E-state index in [9.17, 15) is 14.4 Å². The number of nitrogens with one attached hydrogen (secondary N) is 1. The number of rotatable bonds is 11. The lowest BCUT2D eigenvalue weighted by atomic mass is 9.92. The highest BCUT2D eigenvalue weighted by Gasteiger charge is 2.33. The molecule has 3 amide bonds. The van der Waals surface area contributed by atoms with Gasteiger partial charge in [0.15, 0.2) is 0 Å². The molecule has 2 atom stereocenters. The van der Waals surface area contributed by atoms with Gasteiger partial charge in [-0.05, 0) is 36.3 Å². The summed E-state index contributed by atoms with van der Waals surface area (Å²) in [6.45, 7) is 3.97. The summed E-state index contributed by atoms with van der Waals surface area (Å²) in [4.78, 5) is 39.1. The van der Waals surface area contributed by atoms with E-state index in [1.165, 1.54) is 0 Å². The second kappa shape index (κ2) is 12.5. The maximum Gasteiger partial charge on any atom is 0.246 e. The molecule has 7 nitrogen and oxygen atoms in total. The molecule has 0 spiro atoms. The van der Waals surface area contributed by atoms with Crippen molar-refractivity contribution in [2.24, 2.45) is 17.6 Å². The van der Waals surface area contributed by atoms with Crippen molar-refractivity contribution in [2.75, 3.05) is 12.0 Å². The molecule has 0 radical (unpaired) electrons. The lowest BCUT2D eigenvalue weighted by molar-refractivity contribution is -0.151. The van der Waals surface area contributed by atoms with Gasteiger partial charge in [0.1, 0.15) is 0 Å². The first kappa shape index (κ1) is 24.1. The van der Waals surface area contributed by atoms with Crippen LogP contribution in [0.1, 0.15) is 38.7 Å². The van der Waals surface area contributed by atoms with Gasteiger partial charge in [-0.25, -0.2) is 5.48 Å². The predicted molar refractivity (Wildman–Crippen MR) is 110 cm³/mol. The van der Waals surface area contributed by atoms with E-state index in [-0.39, 0.29) is 18.9 Å². The minimum Gasteiger partial charge on any atom is -0.320 e. The van der Waals surface area contributed by atoms with Gasteiger partial charge in [0.05, 0.1) is 12.6 Å². The zero-order chi connectivity index (χ0) is 21.1. The lowest BCUT2D eigenvalue weighted by Gasteiger charge is -2.28. The quantitative estimate of drug-likeness (QED) is 0.381. The van der Waals surface area contributed by atoms with Gasteiger partial charge in [0.25, 0.3) is 0 Å². The van der Waals surface area contributed by atoms with E-state index in [2.05, 4.69) is 0 Å². The van der Waals surface area contributed by atoms with Crippen molar-refractivity contribution in [1.82, 2.24) is 10.4 Å². The maximum atomic E-state index is 13.2. The van der Waals surface area contributed by atoms with Gasteiger partial charge in [0, 0.05) is 12.3 Å². The summed E-state index contributed by atoms with van der Waals surface area (Å²) in [6, 6.07) is 8.40. The summed E-state index contributed by atoms with van der Waals surface area (Å²) >= 11 is 1.58. The summed E-state index contributed by atoms with van der Waals surface area (Å²) in [5.74, 6) is -1.40. The number of thioether (sulfide) groups is 1. The second-order valence-corrected chi connectivity index (χ2v) is 8.19. The molecule has 0 fully saturated rings. The molecular formula is C20H31N3O4S. The van der Waals surface area contributed by atoms with E-state index < -0.39 is 29.7 Å². The van der Waals surface area contributed by atoms with Crippen LogP contribution in [-0.2, 0) is 20.9 Å². The monoisotopic (exact) mass is 409 g/mol. The Bertz CT molecular complexity index is 640. The summed E-state index contributed by atoms with van der Waals surface area (Å²) in [7, 11) is 0. The van der Waals surface area contributed by atoms with Crippen LogP contribution in [0, 0.1) is 11.8 Å². The standard InChI is InChI=1S/C20H31N3O4S/c1-14(2)11-16(12-18(24)22-27)19(25)23(13-15-7-5-4-6-8-15)20(26)17(21)9-10-28-3/h4-8,14,16-17,27H,9-13,21H2,1-3H3,(H,22,24)/t16?,17-/m0/s1. The molecule has 156 valence electrons. The Hall–Kier alpha value is -1.90. The molecule has 4 N–H and O–H groups in total. The fourth-order valence-corrected chi connectivity index (χ4v) is 3.42. The number of imide groups is 1. The number of hydrogen-bond acceptors (Lipinski definition) is 6. The molecule has 0 saturated heterocycles. The van der Waals surface area contributed by atoms with Gasteiger partial charge in [-0.15, -0.1) is 0 Å². The molecule has 28 heavy (non-hydrogen) atoms. The molecule has 0 heterocycles. The Morgan fingerprint density at radius 3 is 2.36 bits per heavy atom. The van der Waals surface area contributed by atoms with Crippen LogP contribution < -0.4 is 11.2 Å². The van der Waals surface area contributed by atoms with Gasteiger partial charge in [-0.2, -0.15) is 11.8 Å². The molecule has 0 aliphatic carbocycles. The largest absolute Gasteiger partial charge is 0.320 e. The fraction of sp³-hybridized carbons (Fsp3) is 0.550. The number of benzene rings is 1. The first-order valence-electron chi connectivity index (χ1n) is 9.36. The van der Waals surface area contributed by atoms with Crippen molar-refractivity contribution in [3.8, 4) is 0 Å². The van der Waals surface area contributed by atoms with Gasteiger partial charge < -0.3 is 5.73 Å². The highest BCUT2D eigenvalue weighted by atomic mass is 32.2. The average Bonchev–Trinajstić information content (AvgIpc) is 2.68. The minimum absolute atomic E-state index is 0.0980. The smallest absolute Gasteiger partial charge is 0.246 e. The van der Waals surface area contributed by atoms with Gasteiger partial charge in [-0.3, -0.25) is 24.5 Å². The van der Waals surface area contributed by atoms with Crippen LogP contribution in [0.4, 0.5) is 0 Å². The Morgan fingerprint density at radius 1 is 1.18 bits per heavy atom. The zero-order valence-corrected chi connectivity index (χ0v) is 17.6. The first-order chi connectivity index (χ1) is 13.3. The van der Waals surface area contributed by atoms with Crippen LogP contribution >= 0.6 is 11.8 Å². The number of nitrogens with two attached hydrogens (primary N) is 1. The van der Waals surface area contributed by atoms with Gasteiger partial charge >= 0.3 is 0 Å². The van der Waals surface area contributed by atoms with Crippen molar-refractivity contribution in [3.63, 3.8) is 0 Å². The molecule has 1 rings (SSSR count). The van der Waals surface area contributed by atoms with Crippen molar-refractivity contribution in [2.45, 2.75) is 45.7 Å². The maximum absolute atomic E-state index is 13.2. The number of nitrogens with zero attached hydrogens (tertiary/aromatic N) is 1. The Labute approximate surface area is 171 Å². The molecule has 8 heteroatoms. The number of carbonyl (C=O) groups excluding carboxylic acids is 3. The van der Waals surface area contributed by atoms with Crippen LogP contribution in [0.3, 0.4) is 0 Å². The SMILES string of the molecule is CSCC[C@H](N)C(=O)N(Cc1ccccc1)C(=O)C(CC(=O)NO)CC(C)C. The normalized spacial score (nSPS) is 13.1. The van der Waals surface area contributed by atoms with Gasteiger partial charge in [-0.1, -0.05) is 44.2 Å². The van der Waals surface area contributed by atoms with E-state index in [1.54, 1.807) is 17.2 Å². The van der Waals surface area contributed by atoms with E-state index in [0.717, 1.165) is 10.5 Å². The predicted octanol–water partition coefficient (Wildman–Crippen LogP) is 2.18. The van der Waals surface area contributed by atoms with Crippen LogP contribution in [-0.4, -0.2) is 45.9 Å². The number of carbonyl (C=O) groups is 3. The fourth-order valence-electron chi connectivity index (χ4n) is 2.93. The first-order valence-corrected chi connectivity index (χ1v) is 10.8. The Balaban J connectivity index is 3.12. The summed E-state index contributed by atoms with van der Waals surface area (Å²) in [6.07, 6.45) is 2.62. The summed E-state index contributed by atoms with van der Waals surface area (Å²) in [5.41, 5.74) is 8.42. The van der Waals surface area contributed by atoms with Crippen molar-refractivity contribution in [3.05, 3.63) is 35.9 Å². The van der Waals surface area contributed by atoms with Crippen molar-refractivity contribution >= 4 is 29.5 Å². The van der Waals surface area contributed by atoms with E-state index in [0.29, 0.717) is 18.6 Å². The molecule has 0 aliphatic rings. The van der Waals surface area contributed by atoms with Crippen LogP contribution in [0.15, 0.2) is 30.3 Å². The summed E-state index contributed by atoms with van der Waals surface area (Å²) in [5, 5.41) is 8.85. The minimum atomic E-state index is -0.786. The van der Waals surface area contributed by atoms with E-state index in [1.807, 2.05) is 50.4 Å². The average molecular weight is 410 g/mol. The number of hydrogen-bond donors (Lipinski definition) is 3. The van der Waals surface area contributed by atoms with Crippen molar-refractivity contribution < 1.29 is 19.6 Å². The van der Waals surface area contributed by atoms with E-state index >= 15 is 0 Å². The molecule has 0 aromatic heterocycles. The molecule has 1 aromatic carbocycles. The molecular weight excluding hydrogens is 378 g/mol. The number of amides is 3. The topological polar surface area (TPSA) is 113 Å². The van der Waals surface area contributed by atoms with E-state index in [4.69, 9.17) is 10.9 Å². The molecule has 1 aromatic rings. The van der Waals surface area contributed by atoms with Crippen LogP contribution in [0.25, 0.3) is 0 Å². The molecule has 0 saturated carbocycles. The second-order valence-electron chi connectivity index (χ2n) is 7.20. The number of hydroxylamine groups is 1. The third kappa shape index (κ3) is 8.00. The highest BCUT2D eigenvalue weighted by molar-refractivity contribution is 7.98. The molecule has 1 unspecified atom stereocenters. The highest BCUT2D eigenvalue weighted by Crippen LogP contribution is 2.21. The lowest BCUT2D eigenvalue weighted by Crippen LogP contribution is -2.49. The third-order valence-electron chi connectivity index (χ3n) is 4.33. The van der Waals surface area contributed by atoms with Crippen molar-refractivity contribution in [1.29, 1.82) is 0 Å². The third-order valence-corrected chi connectivity index (χ3v) is 4.97.